The second-order valence-electron chi connectivity index (χ2n) is 7.43. The highest BCUT2D eigenvalue weighted by atomic mass is 127. The molecule has 3 aromatic rings. The largest absolute Gasteiger partial charge is 0.354 e. The predicted molar refractivity (Wildman–Crippen MR) is 135 cm³/mol. The minimum absolute atomic E-state index is 0. The van der Waals surface area contributed by atoms with Crippen LogP contribution in [0.1, 0.15) is 17.4 Å². The molecule has 31 heavy (non-hydrogen) atoms. The molecule has 0 bridgehead atoms. The molecule has 6 nitrogen and oxygen atoms in total. The van der Waals surface area contributed by atoms with Gasteiger partial charge in [0.25, 0.3) is 0 Å². The fourth-order valence-corrected chi connectivity index (χ4v) is 3.39. The average Bonchev–Trinajstić information content (AvgIpc) is 3.20. The Hall–Kier alpha value is -2.46. The van der Waals surface area contributed by atoms with Gasteiger partial charge in [-0.2, -0.15) is 0 Å². The molecule has 1 atom stereocenters. The summed E-state index contributed by atoms with van der Waals surface area (Å²) in [6.45, 7) is 1.18. The highest BCUT2D eigenvalue weighted by Gasteiger charge is 2.17. The van der Waals surface area contributed by atoms with Gasteiger partial charge in [-0.15, -0.1) is 24.0 Å². The van der Waals surface area contributed by atoms with E-state index >= 15 is 0 Å². The molecule has 1 heterocycles. The molecule has 3 rings (SSSR count). The van der Waals surface area contributed by atoms with Crippen molar-refractivity contribution in [2.45, 2.75) is 12.6 Å². The second kappa shape index (κ2) is 11.8. The van der Waals surface area contributed by atoms with Crippen LogP contribution in [0.3, 0.4) is 0 Å². The second-order valence-corrected chi connectivity index (χ2v) is 7.43. The maximum absolute atomic E-state index is 13.7. The summed E-state index contributed by atoms with van der Waals surface area (Å²) >= 11 is 0. The maximum atomic E-state index is 13.7. The molecule has 0 saturated heterocycles. The lowest BCUT2D eigenvalue weighted by Crippen LogP contribution is -2.42. The summed E-state index contributed by atoms with van der Waals surface area (Å²) in [5, 5.41) is 3.40. The molecule has 8 heteroatoms. The van der Waals surface area contributed by atoms with Gasteiger partial charge < -0.3 is 20.1 Å². The molecular formula is C23H30FIN6. The van der Waals surface area contributed by atoms with E-state index in [9.17, 15) is 4.39 Å². The van der Waals surface area contributed by atoms with Crippen molar-refractivity contribution in [1.29, 1.82) is 0 Å². The molecule has 2 aromatic carbocycles. The molecule has 1 aromatic heterocycles. The normalized spacial score (nSPS) is 12.4. The number of aromatic nitrogens is 2. The number of aliphatic imine (C=N–C) groups is 1. The highest BCUT2D eigenvalue weighted by Crippen LogP contribution is 2.19. The van der Waals surface area contributed by atoms with Gasteiger partial charge in [0, 0.05) is 20.6 Å². The van der Waals surface area contributed by atoms with Crippen molar-refractivity contribution in [2.24, 2.45) is 4.99 Å². The van der Waals surface area contributed by atoms with Gasteiger partial charge in [-0.3, -0.25) is 4.99 Å². The fourth-order valence-electron chi connectivity index (χ4n) is 3.39. The van der Waals surface area contributed by atoms with E-state index in [1.54, 1.807) is 19.2 Å². The zero-order chi connectivity index (χ0) is 21.5. The van der Waals surface area contributed by atoms with Crippen molar-refractivity contribution < 1.29 is 4.39 Å². The van der Waals surface area contributed by atoms with E-state index in [0.29, 0.717) is 13.1 Å². The molecule has 0 aliphatic rings. The number of benzene rings is 2. The molecule has 0 saturated carbocycles. The van der Waals surface area contributed by atoms with Gasteiger partial charge in [-0.05, 0) is 37.4 Å². The summed E-state index contributed by atoms with van der Waals surface area (Å²) < 4.78 is 13.7. The highest BCUT2D eigenvalue weighted by molar-refractivity contribution is 14.0. The van der Waals surface area contributed by atoms with Gasteiger partial charge in [0.2, 0.25) is 0 Å². The number of aromatic amines is 1. The van der Waals surface area contributed by atoms with E-state index in [1.165, 1.54) is 6.07 Å². The lowest BCUT2D eigenvalue weighted by molar-refractivity contribution is 0.294. The molecule has 2 N–H and O–H groups in total. The van der Waals surface area contributed by atoms with Gasteiger partial charge in [0.15, 0.2) is 5.96 Å². The first kappa shape index (κ1) is 24.8. The number of nitrogens with zero attached hydrogens (tertiary/aromatic N) is 4. The lowest BCUT2D eigenvalue weighted by atomic mass is 10.1. The zero-order valence-corrected chi connectivity index (χ0v) is 20.7. The standard InChI is InChI=1S/C23H29FN6.HI/c1-25-23(27-15-21(29(2)3)18-11-8-12-19(24)13-18)30(4)16-22-26-14-20(28-22)17-9-6-5-7-10-17;/h5-14,21H,15-16H2,1-4H3,(H,25,27)(H,26,28);1H. The number of guanidine groups is 1. The van der Waals surface area contributed by atoms with Gasteiger partial charge >= 0.3 is 0 Å². The van der Waals surface area contributed by atoms with Crippen LogP contribution in [0.15, 0.2) is 65.8 Å². The van der Waals surface area contributed by atoms with Crippen LogP contribution >= 0.6 is 24.0 Å². The maximum Gasteiger partial charge on any atom is 0.193 e. The minimum atomic E-state index is -0.229. The van der Waals surface area contributed by atoms with Crippen LogP contribution in [0.4, 0.5) is 4.39 Å². The molecule has 0 aliphatic carbocycles. The van der Waals surface area contributed by atoms with E-state index in [4.69, 9.17) is 0 Å². The quantitative estimate of drug-likeness (QED) is 0.271. The first-order valence-corrected chi connectivity index (χ1v) is 9.91. The molecule has 0 spiro atoms. The Labute approximate surface area is 200 Å². The van der Waals surface area contributed by atoms with Crippen LogP contribution in [0, 0.1) is 5.82 Å². The topological polar surface area (TPSA) is 59.6 Å². The van der Waals surface area contributed by atoms with Crippen molar-refractivity contribution in [3.05, 3.63) is 78.0 Å². The van der Waals surface area contributed by atoms with Crippen molar-refractivity contribution >= 4 is 29.9 Å². The van der Waals surface area contributed by atoms with Gasteiger partial charge in [-0.25, -0.2) is 9.37 Å². The third-order valence-electron chi connectivity index (χ3n) is 4.98. The number of imidazole rings is 1. The first-order chi connectivity index (χ1) is 14.5. The summed E-state index contributed by atoms with van der Waals surface area (Å²) in [6.07, 6.45) is 1.85. The number of H-pyrrole nitrogens is 1. The smallest absolute Gasteiger partial charge is 0.193 e. The lowest BCUT2D eigenvalue weighted by Gasteiger charge is -2.28. The molecule has 0 fully saturated rings. The van der Waals surface area contributed by atoms with Crippen molar-refractivity contribution in [1.82, 2.24) is 25.1 Å². The van der Waals surface area contributed by atoms with Crippen LogP contribution in [0.25, 0.3) is 11.3 Å². The van der Waals surface area contributed by atoms with Gasteiger partial charge in [0.1, 0.15) is 11.6 Å². The zero-order valence-electron chi connectivity index (χ0n) is 18.3. The van der Waals surface area contributed by atoms with Crippen LogP contribution in [-0.2, 0) is 6.54 Å². The Morgan fingerprint density at radius 1 is 1.13 bits per heavy atom. The van der Waals surface area contributed by atoms with E-state index < -0.39 is 0 Å². The Morgan fingerprint density at radius 3 is 2.52 bits per heavy atom. The minimum Gasteiger partial charge on any atom is -0.354 e. The number of nitrogens with one attached hydrogen (secondary N) is 2. The molecule has 0 aliphatic heterocycles. The summed E-state index contributed by atoms with van der Waals surface area (Å²) in [4.78, 5) is 16.3. The number of hydrogen-bond donors (Lipinski definition) is 2. The number of likely N-dealkylation sites (N-methyl/N-ethyl adjacent to an activating group) is 1. The summed E-state index contributed by atoms with van der Waals surface area (Å²) in [6, 6.07) is 16.8. The monoisotopic (exact) mass is 536 g/mol. The number of hydrogen-bond acceptors (Lipinski definition) is 3. The first-order valence-electron chi connectivity index (χ1n) is 9.91. The van der Waals surface area contributed by atoms with Crippen LogP contribution in [0.5, 0.6) is 0 Å². The Bertz CT molecular complexity index is 973. The number of rotatable bonds is 7. The SMILES string of the molecule is CN=C(NCC(c1cccc(F)c1)N(C)C)N(C)Cc1ncc(-c2ccccc2)[nH]1.I. The summed E-state index contributed by atoms with van der Waals surface area (Å²) in [7, 11) is 7.69. The van der Waals surface area contributed by atoms with Crippen LogP contribution in [-0.4, -0.2) is 60.5 Å². The van der Waals surface area contributed by atoms with Crippen molar-refractivity contribution in [3.8, 4) is 11.3 Å². The van der Waals surface area contributed by atoms with Gasteiger partial charge in [0.05, 0.1) is 24.5 Å². The van der Waals surface area contributed by atoms with Crippen molar-refractivity contribution in [2.75, 3.05) is 34.7 Å². The molecule has 166 valence electrons. The Kier molecular flexibility index (Phi) is 9.44. The van der Waals surface area contributed by atoms with E-state index in [0.717, 1.165) is 28.6 Å². The molecule has 1 unspecified atom stereocenters. The molecule has 0 radical (unpaired) electrons. The number of halogens is 2. The van der Waals surface area contributed by atoms with Crippen LogP contribution < -0.4 is 5.32 Å². The predicted octanol–water partition coefficient (Wildman–Crippen LogP) is 4.14. The third kappa shape index (κ3) is 6.76. The van der Waals surface area contributed by atoms with Crippen molar-refractivity contribution in [3.63, 3.8) is 0 Å². The Morgan fingerprint density at radius 2 is 1.87 bits per heavy atom. The van der Waals surface area contributed by atoms with Crippen LogP contribution in [0.2, 0.25) is 0 Å². The van der Waals surface area contributed by atoms with E-state index in [-0.39, 0.29) is 35.8 Å². The molecular weight excluding hydrogens is 506 g/mol. The average molecular weight is 536 g/mol. The third-order valence-corrected chi connectivity index (χ3v) is 4.98. The molecule has 0 amide bonds. The van der Waals surface area contributed by atoms with E-state index in [2.05, 4.69) is 37.3 Å². The van der Waals surface area contributed by atoms with E-state index in [1.807, 2.05) is 56.5 Å². The Balaban J connectivity index is 0.00000341. The summed E-state index contributed by atoms with van der Waals surface area (Å²) in [5.74, 6) is 1.37. The van der Waals surface area contributed by atoms with Gasteiger partial charge in [-0.1, -0.05) is 42.5 Å². The fraction of sp³-hybridized carbons (Fsp3) is 0.304. The summed E-state index contributed by atoms with van der Waals surface area (Å²) in [5.41, 5.74) is 3.01.